The zero-order valence-electron chi connectivity index (χ0n) is 9.34. The first-order valence-corrected chi connectivity index (χ1v) is 7.13. The molecule has 0 spiro atoms. The van der Waals surface area contributed by atoms with Gasteiger partial charge in [0.2, 0.25) is 0 Å². The van der Waals surface area contributed by atoms with Crippen molar-refractivity contribution in [2.24, 2.45) is 0 Å². The SMILES string of the molecule is CC(C)(CCC(=O)O)SSc1ccccn1. The number of carbonyl (C=O) groups is 1. The van der Waals surface area contributed by atoms with Crippen LogP contribution < -0.4 is 0 Å². The summed E-state index contributed by atoms with van der Waals surface area (Å²) in [5.74, 6) is -0.739. The third-order valence-corrected chi connectivity index (χ3v) is 5.20. The first-order chi connectivity index (χ1) is 7.49. The van der Waals surface area contributed by atoms with Crippen LogP contribution in [0, 0.1) is 0 Å². The molecule has 0 aliphatic heterocycles. The van der Waals surface area contributed by atoms with Gasteiger partial charge in [0.25, 0.3) is 0 Å². The van der Waals surface area contributed by atoms with Gasteiger partial charge in [0.15, 0.2) is 0 Å². The molecule has 0 atom stereocenters. The fourth-order valence-corrected chi connectivity index (χ4v) is 3.21. The third-order valence-electron chi connectivity index (χ3n) is 1.93. The standard InChI is InChI=1S/C11H15NO2S2/c1-11(2,7-6-10(13)14)16-15-9-5-3-4-8-12-9/h3-5,8H,6-7H2,1-2H3,(H,13,14). The Morgan fingerprint density at radius 3 is 2.81 bits per heavy atom. The van der Waals surface area contributed by atoms with E-state index in [4.69, 9.17) is 5.11 Å². The van der Waals surface area contributed by atoms with E-state index in [9.17, 15) is 4.79 Å². The van der Waals surface area contributed by atoms with Crippen molar-refractivity contribution in [1.82, 2.24) is 4.98 Å². The summed E-state index contributed by atoms with van der Waals surface area (Å²) in [5, 5.41) is 9.59. The second-order valence-corrected chi connectivity index (χ2v) is 6.84. The second-order valence-electron chi connectivity index (χ2n) is 3.99. The molecule has 1 aromatic rings. The van der Waals surface area contributed by atoms with Crippen LogP contribution in [0.15, 0.2) is 29.4 Å². The Hall–Kier alpha value is -0.680. The van der Waals surface area contributed by atoms with Crippen LogP contribution in [-0.4, -0.2) is 20.8 Å². The molecule has 0 bridgehead atoms. The number of carboxylic acids is 1. The van der Waals surface area contributed by atoms with Gasteiger partial charge in [-0.15, -0.1) is 0 Å². The van der Waals surface area contributed by atoms with Crippen molar-refractivity contribution in [1.29, 1.82) is 0 Å². The van der Waals surface area contributed by atoms with Crippen LogP contribution in [0.5, 0.6) is 0 Å². The Kier molecular flexibility index (Phi) is 5.15. The van der Waals surface area contributed by atoms with Crippen LogP contribution in [0.25, 0.3) is 0 Å². The summed E-state index contributed by atoms with van der Waals surface area (Å²) in [4.78, 5) is 14.7. The number of hydrogen-bond acceptors (Lipinski definition) is 4. The minimum atomic E-state index is -0.739. The molecule has 88 valence electrons. The summed E-state index contributed by atoms with van der Waals surface area (Å²) in [5.41, 5.74) is 0. The van der Waals surface area contributed by atoms with Crippen molar-refractivity contribution in [3.05, 3.63) is 24.4 Å². The topological polar surface area (TPSA) is 50.2 Å². The molecule has 1 rings (SSSR count). The van der Waals surface area contributed by atoms with Crippen molar-refractivity contribution in [2.45, 2.75) is 36.5 Å². The Bertz CT molecular complexity index is 341. The highest BCUT2D eigenvalue weighted by Crippen LogP contribution is 2.42. The van der Waals surface area contributed by atoms with Crippen molar-refractivity contribution in [2.75, 3.05) is 0 Å². The van der Waals surface area contributed by atoms with E-state index in [-0.39, 0.29) is 11.2 Å². The fourth-order valence-electron chi connectivity index (χ4n) is 1.00. The number of hydrogen-bond donors (Lipinski definition) is 1. The number of aliphatic carboxylic acids is 1. The second kappa shape index (κ2) is 6.15. The molecule has 0 saturated heterocycles. The fraction of sp³-hybridized carbons (Fsp3) is 0.455. The zero-order chi connectivity index (χ0) is 12.0. The highest BCUT2D eigenvalue weighted by molar-refractivity contribution is 8.77. The van der Waals surface area contributed by atoms with Gasteiger partial charge in [0.1, 0.15) is 5.03 Å². The molecule has 0 fully saturated rings. The van der Waals surface area contributed by atoms with Crippen LogP contribution in [0.1, 0.15) is 26.7 Å². The minimum absolute atomic E-state index is 0.0550. The van der Waals surface area contributed by atoms with E-state index >= 15 is 0 Å². The molecule has 1 aromatic heterocycles. The largest absolute Gasteiger partial charge is 0.481 e. The molecule has 1 heterocycles. The lowest BCUT2D eigenvalue weighted by atomic mass is 10.1. The van der Waals surface area contributed by atoms with E-state index in [1.165, 1.54) is 0 Å². The van der Waals surface area contributed by atoms with E-state index in [1.54, 1.807) is 27.8 Å². The number of carboxylic acid groups (broad SMARTS) is 1. The highest BCUT2D eigenvalue weighted by Gasteiger charge is 2.20. The summed E-state index contributed by atoms with van der Waals surface area (Å²) in [7, 11) is 3.26. The van der Waals surface area contributed by atoms with Crippen LogP contribution in [0.2, 0.25) is 0 Å². The van der Waals surface area contributed by atoms with E-state index in [0.717, 1.165) is 5.03 Å². The molecule has 16 heavy (non-hydrogen) atoms. The first kappa shape index (κ1) is 13.4. The molecule has 0 amide bonds. The first-order valence-electron chi connectivity index (χ1n) is 4.98. The molecule has 0 aromatic carbocycles. The number of pyridine rings is 1. The zero-order valence-corrected chi connectivity index (χ0v) is 11.0. The van der Waals surface area contributed by atoms with Gasteiger partial charge in [-0.2, -0.15) is 0 Å². The summed E-state index contributed by atoms with van der Waals surface area (Å²) in [6, 6.07) is 5.77. The van der Waals surface area contributed by atoms with Gasteiger partial charge < -0.3 is 5.11 Å². The summed E-state index contributed by atoms with van der Waals surface area (Å²) in [6.07, 6.45) is 2.63. The van der Waals surface area contributed by atoms with Crippen molar-refractivity contribution < 1.29 is 9.90 Å². The summed E-state index contributed by atoms with van der Waals surface area (Å²) >= 11 is 0. The van der Waals surface area contributed by atoms with Gasteiger partial charge in [0, 0.05) is 17.4 Å². The summed E-state index contributed by atoms with van der Waals surface area (Å²) in [6.45, 7) is 4.10. The van der Waals surface area contributed by atoms with E-state index in [2.05, 4.69) is 18.8 Å². The van der Waals surface area contributed by atoms with Crippen molar-refractivity contribution in [3.8, 4) is 0 Å². The average molecular weight is 257 g/mol. The smallest absolute Gasteiger partial charge is 0.303 e. The Morgan fingerprint density at radius 1 is 1.50 bits per heavy atom. The molecule has 5 heteroatoms. The third kappa shape index (κ3) is 5.42. The van der Waals surface area contributed by atoms with Crippen LogP contribution in [-0.2, 0) is 4.79 Å². The maximum absolute atomic E-state index is 10.5. The molecule has 1 N–H and O–H groups in total. The van der Waals surface area contributed by atoms with E-state index in [1.807, 2.05) is 18.2 Å². The van der Waals surface area contributed by atoms with Crippen LogP contribution >= 0.6 is 21.6 Å². The van der Waals surface area contributed by atoms with Crippen LogP contribution in [0.3, 0.4) is 0 Å². The van der Waals surface area contributed by atoms with E-state index in [0.29, 0.717) is 6.42 Å². The maximum atomic E-state index is 10.5. The Morgan fingerprint density at radius 2 is 2.25 bits per heavy atom. The molecule has 0 radical (unpaired) electrons. The monoisotopic (exact) mass is 257 g/mol. The quantitative estimate of drug-likeness (QED) is 0.791. The lowest BCUT2D eigenvalue weighted by Gasteiger charge is -2.21. The van der Waals surface area contributed by atoms with Crippen LogP contribution in [0.4, 0.5) is 0 Å². The lowest BCUT2D eigenvalue weighted by molar-refractivity contribution is -0.137. The van der Waals surface area contributed by atoms with Gasteiger partial charge >= 0.3 is 5.97 Å². The molecule has 0 aliphatic carbocycles. The molecule has 0 saturated carbocycles. The van der Waals surface area contributed by atoms with Gasteiger partial charge in [-0.05, 0) is 43.2 Å². The number of aromatic nitrogens is 1. The number of nitrogens with zero attached hydrogens (tertiary/aromatic N) is 1. The van der Waals surface area contributed by atoms with Gasteiger partial charge in [-0.1, -0.05) is 16.9 Å². The molecule has 0 unspecified atom stereocenters. The molecule has 0 aliphatic rings. The minimum Gasteiger partial charge on any atom is -0.481 e. The van der Waals surface area contributed by atoms with Gasteiger partial charge in [-0.3, -0.25) is 4.79 Å². The predicted octanol–water partition coefficient (Wildman–Crippen LogP) is 3.47. The molecular formula is C11H15NO2S2. The number of rotatable bonds is 6. The predicted molar refractivity (Wildman–Crippen MR) is 68.6 cm³/mol. The highest BCUT2D eigenvalue weighted by atomic mass is 33.1. The normalized spacial score (nSPS) is 11.4. The van der Waals surface area contributed by atoms with E-state index < -0.39 is 5.97 Å². The van der Waals surface area contributed by atoms with Gasteiger partial charge in [-0.25, -0.2) is 4.98 Å². The maximum Gasteiger partial charge on any atom is 0.303 e. The van der Waals surface area contributed by atoms with Gasteiger partial charge in [0.05, 0.1) is 0 Å². The molecule has 3 nitrogen and oxygen atoms in total. The molecular weight excluding hydrogens is 242 g/mol. The average Bonchev–Trinajstić information content (AvgIpc) is 2.26. The van der Waals surface area contributed by atoms with Crippen molar-refractivity contribution >= 4 is 27.6 Å². The van der Waals surface area contributed by atoms with Crippen molar-refractivity contribution in [3.63, 3.8) is 0 Å². The Labute approximate surface area is 103 Å². The Balaban J connectivity index is 2.38. The summed E-state index contributed by atoms with van der Waals surface area (Å²) < 4.78 is -0.0550. The lowest BCUT2D eigenvalue weighted by Crippen LogP contribution is -2.15.